The van der Waals surface area contributed by atoms with Crippen LogP contribution in [0.4, 0.5) is 5.95 Å². The van der Waals surface area contributed by atoms with Crippen LogP contribution in [-0.4, -0.2) is 51.0 Å². The molecule has 0 saturated carbocycles. The van der Waals surface area contributed by atoms with Gasteiger partial charge in [-0.2, -0.15) is 0 Å². The number of nitrogens with one attached hydrogen (secondary N) is 1. The van der Waals surface area contributed by atoms with Crippen molar-refractivity contribution >= 4 is 27.5 Å². The summed E-state index contributed by atoms with van der Waals surface area (Å²) >= 11 is 1.72. The first kappa shape index (κ1) is 18.7. The van der Waals surface area contributed by atoms with Crippen molar-refractivity contribution < 1.29 is 0 Å². The third-order valence-electron chi connectivity index (χ3n) is 6.28. The standard InChI is InChI=1S/C21H26N6OS/c1-13-4-5-15-16(12-13)29-20-17(15)19(28)24-18(25-20)14(2)26-8-10-27(11-9-26)21-22-6-3-7-23-21/h3,6-7,13-14H,4-5,8-12H2,1-2H3,(H,24,25,28)/t13-,14-/m1/s1. The van der Waals surface area contributed by atoms with Crippen LogP contribution in [0.15, 0.2) is 23.3 Å². The second-order valence-electron chi connectivity index (χ2n) is 8.23. The molecule has 0 radical (unpaired) electrons. The number of aromatic nitrogens is 4. The van der Waals surface area contributed by atoms with E-state index in [2.05, 4.69) is 38.6 Å². The van der Waals surface area contributed by atoms with E-state index in [0.717, 1.165) is 67.4 Å². The van der Waals surface area contributed by atoms with Gasteiger partial charge in [0, 0.05) is 43.4 Å². The molecular formula is C21H26N6OS. The highest BCUT2D eigenvalue weighted by molar-refractivity contribution is 7.18. The Morgan fingerprint density at radius 3 is 2.72 bits per heavy atom. The number of hydrogen-bond acceptors (Lipinski definition) is 7. The fraction of sp³-hybridized carbons (Fsp3) is 0.524. The number of rotatable bonds is 3. The van der Waals surface area contributed by atoms with Crippen molar-refractivity contribution in [2.45, 2.75) is 39.2 Å². The van der Waals surface area contributed by atoms with E-state index in [-0.39, 0.29) is 11.6 Å². The third-order valence-corrected chi connectivity index (χ3v) is 7.42. The number of hydrogen-bond donors (Lipinski definition) is 1. The van der Waals surface area contributed by atoms with Crippen LogP contribution in [-0.2, 0) is 12.8 Å². The van der Waals surface area contributed by atoms with Gasteiger partial charge in [-0.3, -0.25) is 9.69 Å². The molecule has 8 heteroatoms. The molecule has 0 unspecified atom stereocenters. The second kappa shape index (κ2) is 7.50. The Morgan fingerprint density at radius 2 is 1.97 bits per heavy atom. The summed E-state index contributed by atoms with van der Waals surface area (Å²) in [6.07, 6.45) is 6.79. The van der Waals surface area contributed by atoms with E-state index in [1.54, 1.807) is 23.7 Å². The first-order valence-corrected chi connectivity index (χ1v) is 11.2. The van der Waals surface area contributed by atoms with E-state index in [4.69, 9.17) is 4.98 Å². The number of anilines is 1. The zero-order valence-corrected chi connectivity index (χ0v) is 17.7. The SMILES string of the molecule is C[C@@H]1CCc2c(sc3nc([C@@H](C)N4CCN(c5ncccn5)CC4)[nH]c(=O)c23)C1. The molecule has 3 aromatic rings. The first-order valence-electron chi connectivity index (χ1n) is 10.4. The number of thiophene rings is 1. The van der Waals surface area contributed by atoms with Gasteiger partial charge in [-0.15, -0.1) is 11.3 Å². The van der Waals surface area contributed by atoms with Gasteiger partial charge in [0.2, 0.25) is 5.95 Å². The molecule has 1 aliphatic heterocycles. The lowest BCUT2D eigenvalue weighted by Crippen LogP contribution is -2.48. The predicted molar refractivity (Wildman–Crippen MR) is 116 cm³/mol. The van der Waals surface area contributed by atoms with E-state index in [9.17, 15) is 4.79 Å². The molecule has 1 N–H and O–H groups in total. The molecule has 29 heavy (non-hydrogen) atoms. The molecule has 2 aliphatic rings. The van der Waals surface area contributed by atoms with Crippen molar-refractivity contribution in [3.05, 3.63) is 45.1 Å². The van der Waals surface area contributed by atoms with Crippen molar-refractivity contribution in [1.82, 2.24) is 24.8 Å². The van der Waals surface area contributed by atoms with Crippen LogP contribution in [0.2, 0.25) is 0 Å². The molecule has 0 spiro atoms. The van der Waals surface area contributed by atoms with Gasteiger partial charge in [-0.05, 0) is 43.7 Å². The minimum absolute atomic E-state index is 0.0280. The van der Waals surface area contributed by atoms with Gasteiger partial charge in [-0.1, -0.05) is 6.92 Å². The Kier molecular flexibility index (Phi) is 4.83. The lowest BCUT2D eigenvalue weighted by molar-refractivity contribution is 0.191. The first-order chi connectivity index (χ1) is 14.1. The van der Waals surface area contributed by atoms with Crippen LogP contribution >= 0.6 is 11.3 Å². The highest BCUT2D eigenvalue weighted by Gasteiger charge is 2.27. The zero-order chi connectivity index (χ0) is 20.0. The van der Waals surface area contributed by atoms with E-state index in [0.29, 0.717) is 5.92 Å². The van der Waals surface area contributed by atoms with Gasteiger partial charge in [0.25, 0.3) is 5.56 Å². The summed E-state index contributed by atoms with van der Waals surface area (Å²) < 4.78 is 0. The summed E-state index contributed by atoms with van der Waals surface area (Å²) in [4.78, 5) is 36.5. The number of H-pyrrole nitrogens is 1. The summed E-state index contributed by atoms with van der Waals surface area (Å²) in [7, 11) is 0. The van der Waals surface area contributed by atoms with E-state index in [1.807, 2.05) is 6.07 Å². The van der Waals surface area contributed by atoms with Crippen LogP contribution in [0.25, 0.3) is 10.2 Å². The van der Waals surface area contributed by atoms with Gasteiger partial charge in [0.15, 0.2) is 0 Å². The topological polar surface area (TPSA) is 78.0 Å². The highest BCUT2D eigenvalue weighted by atomic mass is 32.1. The molecule has 0 aromatic carbocycles. The van der Waals surface area contributed by atoms with Crippen molar-refractivity contribution in [2.24, 2.45) is 5.92 Å². The predicted octanol–water partition coefficient (Wildman–Crippen LogP) is 2.78. The van der Waals surface area contributed by atoms with Gasteiger partial charge < -0.3 is 9.88 Å². The quantitative estimate of drug-likeness (QED) is 0.715. The Labute approximate surface area is 173 Å². The van der Waals surface area contributed by atoms with Crippen molar-refractivity contribution in [2.75, 3.05) is 31.1 Å². The smallest absolute Gasteiger partial charge is 0.259 e. The van der Waals surface area contributed by atoms with Crippen LogP contribution in [0, 0.1) is 5.92 Å². The minimum atomic E-state index is 0.0280. The maximum Gasteiger partial charge on any atom is 0.259 e. The minimum Gasteiger partial charge on any atom is -0.338 e. The molecule has 0 bridgehead atoms. The van der Waals surface area contributed by atoms with Crippen molar-refractivity contribution in [1.29, 1.82) is 0 Å². The van der Waals surface area contributed by atoms with E-state index in [1.165, 1.54) is 10.4 Å². The number of fused-ring (bicyclic) bond motifs is 3. The Bertz CT molecular complexity index is 1070. The summed E-state index contributed by atoms with van der Waals surface area (Å²) in [6.45, 7) is 7.93. The Morgan fingerprint density at radius 1 is 1.21 bits per heavy atom. The van der Waals surface area contributed by atoms with Crippen LogP contribution in [0.3, 0.4) is 0 Å². The third kappa shape index (κ3) is 3.44. The zero-order valence-electron chi connectivity index (χ0n) is 16.9. The van der Waals surface area contributed by atoms with Crippen LogP contribution < -0.4 is 10.5 Å². The molecule has 7 nitrogen and oxygen atoms in total. The molecule has 152 valence electrons. The molecule has 3 aromatic heterocycles. The van der Waals surface area contributed by atoms with E-state index < -0.39 is 0 Å². The summed E-state index contributed by atoms with van der Waals surface area (Å²) in [6, 6.07) is 1.91. The number of aryl methyl sites for hydroxylation is 1. The molecule has 5 rings (SSSR count). The molecule has 1 fully saturated rings. The molecular weight excluding hydrogens is 384 g/mol. The maximum atomic E-state index is 12.9. The fourth-order valence-corrected chi connectivity index (χ4v) is 5.89. The average Bonchev–Trinajstić information content (AvgIpc) is 3.11. The highest BCUT2D eigenvalue weighted by Crippen LogP contribution is 2.36. The number of aromatic amines is 1. The normalized spacial score (nSPS) is 21.3. The average molecular weight is 411 g/mol. The largest absolute Gasteiger partial charge is 0.338 e. The summed E-state index contributed by atoms with van der Waals surface area (Å²) in [5.41, 5.74) is 1.27. The second-order valence-corrected chi connectivity index (χ2v) is 9.31. The lowest BCUT2D eigenvalue weighted by Gasteiger charge is -2.37. The van der Waals surface area contributed by atoms with Gasteiger partial charge in [0.1, 0.15) is 10.7 Å². The monoisotopic (exact) mass is 410 g/mol. The van der Waals surface area contributed by atoms with Gasteiger partial charge in [0.05, 0.1) is 11.4 Å². The van der Waals surface area contributed by atoms with E-state index >= 15 is 0 Å². The van der Waals surface area contributed by atoms with Crippen molar-refractivity contribution in [3.8, 4) is 0 Å². The lowest BCUT2D eigenvalue weighted by atomic mass is 9.89. The Hall–Kier alpha value is -2.32. The van der Waals surface area contributed by atoms with Gasteiger partial charge >= 0.3 is 0 Å². The molecule has 2 atom stereocenters. The summed E-state index contributed by atoms with van der Waals surface area (Å²) in [5, 5.41) is 0.832. The number of nitrogens with zero attached hydrogens (tertiary/aromatic N) is 5. The number of piperazine rings is 1. The summed E-state index contributed by atoms with van der Waals surface area (Å²) in [5.74, 6) is 2.25. The van der Waals surface area contributed by atoms with Crippen LogP contribution in [0.5, 0.6) is 0 Å². The molecule has 1 saturated heterocycles. The maximum absolute atomic E-state index is 12.9. The molecule has 0 amide bonds. The van der Waals surface area contributed by atoms with Crippen molar-refractivity contribution in [3.63, 3.8) is 0 Å². The molecule has 4 heterocycles. The fourth-order valence-electron chi connectivity index (χ4n) is 4.50. The van der Waals surface area contributed by atoms with Gasteiger partial charge in [-0.25, -0.2) is 15.0 Å². The Balaban J connectivity index is 1.36. The van der Waals surface area contributed by atoms with Crippen LogP contribution in [0.1, 0.15) is 42.6 Å². The molecule has 1 aliphatic carbocycles.